The van der Waals surface area contributed by atoms with Crippen molar-refractivity contribution in [1.82, 2.24) is 24.9 Å². The summed E-state index contributed by atoms with van der Waals surface area (Å²) in [5, 5.41) is 27.0. The van der Waals surface area contributed by atoms with E-state index in [0.29, 0.717) is 48.2 Å². The zero-order chi connectivity index (χ0) is 29.3. The molecule has 2 saturated heterocycles. The first-order valence-corrected chi connectivity index (χ1v) is 13.9. The van der Waals surface area contributed by atoms with Gasteiger partial charge in [-0.05, 0) is 50.1 Å². The highest BCUT2D eigenvalue weighted by Gasteiger charge is 2.40. The third kappa shape index (κ3) is 5.20. The predicted octanol–water partition coefficient (Wildman–Crippen LogP) is 4.02. The molecule has 0 unspecified atom stereocenters. The van der Waals surface area contributed by atoms with E-state index in [2.05, 4.69) is 32.4 Å². The minimum absolute atomic E-state index is 0.196. The third-order valence-electron chi connectivity index (χ3n) is 7.85. The molecule has 0 aromatic carbocycles. The Morgan fingerprint density at radius 3 is 2.64 bits per heavy atom. The first-order chi connectivity index (χ1) is 20.3. The van der Waals surface area contributed by atoms with E-state index in [0.717, 1.165) is 29.8 Å². The number of amides is 1. The van der Waals surface area contributed by atoms with Crippen LogP contribution < -0.4 is 15.0 Å². The van der Waals surface area contributed by atoms with Crippen LogP contribution in [0.5, 0.6) is 5.75 Å². The summed E-state index contributed by atoms with van der Waals surface area (Å²) >= 11 is 6.16. The molecule has 1 N–H and O–H groups in total. The highest BCUT2D eigenvalue weighted by molar-refractivity contribution is 6.33. The fourth-order valence-corrected chi connectivity index (χ4v) is 5.41. The molecular formula is C30H27ClN8O3. The fraction of sp³-hybridized carbons (Fsp3) is 0.333. The number of rotatable bonds is 7. The van der Waals surface area contributed by atoms with Crippen LogP contribution in [0.25, 0.3) is 16.6 Å². The Morgan fingerprint density at radius 2 is 2.00 bits per heavy atom. The molecule has 2 fully saturated rings. The molecule has 42 heavy (non-hydrogen) atoms. The lowest BCUT2D eigenvalue weighted by atomic mass is 9.89. The molecule has 0 saturated carbocycles. The Hall–Kier alpha value is -4.71. The second-order valence-corrected chi connectivity index (χ2v) is 11.4. The zero-order valence-electron chi connectivity index (χ0n) is 22.9. The summed E-state index contributed by atoms with van der Waals surface area (Å²) in [6.45, 7) is 4.32. The van der Waals surface area contributed by atoms with Crippen molar-refractivity contribution in [3.8, 4) is 29.0 Å². The van der Waals surface area contributed by atoms with Gasteiger partial charge in [-0.2, -0.15) is 15.6 Å². The van der Waals surface area contributed by atoms with Crippen molar-refractivity contribution in [3.63, 3.8) is 0 Å². The normalized spacial score (nSPS) is 17.1. The first-order valence-electron chi connectivity index (χ1n) is 13.5. The first kappa shape index (κ1) is 27.5. The van der Waals surface area contributed by atoms with Gasteiger partial charge in [0.2, 0.25) is 0 Å². The van der Waals surface area contributed by atoms with Gasteiger partial charge in [-0.1, -0.05) is 11.6 Å². The van der Waals surface area contributed by atoms with E-state index in [1.54, 1.807) is 35.2 Å². The van der Waals surface area contributed by atoms with E-state index in [-0.39, 0.29) is 18.2 Å². The molecular weight excluding hydrogens is 556 g/mol. The summed E-state index contributed by atoms with van der Waals surface area (Å²) in [7, 11) is 0. The molecule has 6 rings (SSSR count). The van der Waals surface area contributed by atoms with Crippen LogP contribution in [0, 0.1) is 28.1 Å². The fourth-order valence-electron chi connectivity index (χ4n) is 5.20. The van der Waals surface area contributed by atoms with Crippen LogP contribution in [0.2, 0.25) is 5.02 Å². The molecule has 0 spiro atoms. The van der Waals surface area contributed by atoms with Gasteiger partial charge in [-0.3, -0.25) is 4.79 Å². The molecule has 0 atom stereocenters. The summed E-state index contributed by atoms with van der Waals surface area (Å²) < 4.78 is 12.8. The highest BCUT2D eigenvalue weighted by atomic mass is 35.5. The van der Waals surface area contributed by atoms with Gasteiger partial charge >= 0.3 is 0 Å². The molecule has 12 heteroatoms. The average molecular weight is 583 g/mol. The molecule has 212 valence electrons. The topological polar surface area (TPSA) is 141 Å². The number of nitriles is 2. The monoisotopic (exact) mass is 582 g/mol. The number of carbonyl (C=O) groups excluding carboxylic acids is 1. The van der Waals surface area contributed by atoms with Gasteiger partial charge in [-0.15, -0.1) is 0 Å². The van der Waals surface area contributed by atoms with E-state index in [1.807, 2.05) is 25.1 Å². The maximum absolute atomic E-state index is 12.8. The number of nitrogens with one attached hydrogen (secondary N) is 1. The van der Waals surface area contributed by atoms with Crippen LogP contribution in [-0.2, 0) is 4.74 Å². The third-order valence-corrected chi connectivity index (χ3v) is 8.16. The van der Waals surface area contributed by atoms with Crippen molar-refractivity contribution in [2.24, 2.45) is 5.41 Å². The summed E-state index contributed by atoms with van der Waals surface area (Å²) in [5.41, 5.74) is 1.81. The number of hydrogen-bond acceptors (Lipinski definition) is 9. The van der Waals surface area contributed by atoms with Gasteiger partial charge in [0.05, 0.1) is 47.8 Å². The van der Waals surface area contributed by atoms with Crippen LogP contribution >= 0.6 is 11.6 Å². The van der Waals surface area contributed by atoms with Crippen molar-refractivity contribution >= 4 is 28.8 Å². The van der Waals surface area contributed by atoms with E-state index >= 15 is 0 Å². The Kier molecular flexibility index (Phi) is 7.15. The molecule has 2 aliphatic heterocycles. The largest absolute Gasteiger partial charge is 0.490 e. The second-order valence-electron chi connectivity index (χ2n) is 11.0. The number of anilines is 1. The number of piperidine rings is 1. The Bertz CT molecular complexity index is 1730. The van der Waals surface area contributed by atoms with E-state index in [4.69, 9.17) is 26.1 Å². The van der Waals surface area contributed by atoms with E-state index < -0.39 is 11.0 Å². The van der Waals surface area contributed by atoms with Crippen LogP contribution in [0.3, 0.4) is 0 Å². The number of pyridine rings is 3. The van der Waals surface area contributed by atoms with Gasteiger partial charge in [0, 0.05) is 42.1 Å². The zero-order valence-corrected chi connectivity index (χ0v) is 23.6. The van der Waals surface area contributed by atoms with Crippen molar-refractivity contribution in [2.75, 3.05) is 37.8 Å². The molecule has 0 aliphatic carbocycles. The Balaban J connectivity index is 1.18. The molecule has 6 heterocycles. The minimum atomic E-state index is -0.654. The number of aromatic nitrogens is 4. The van der Waals surface area contributed by atoms with Crippen molar-refractivity contribution in [3.05, 3.63) is 71.4 Å². The van der Waals surface area contributed by atoms with Crippen molar-refractivity contribution < 1.29 is 14.3 Å². The quantitative estimate of drug-likeness (QED) is 0.342. The smallest absolute Gasteiger partial charge is 0.271 e. The van der Waals surface area contributed by atoms with E-state index in [9.17, 15) is 15.3 Å². The molecule has 1 amide bonds. The number of carbonyl (C=O) groups is 1. The highest BCUT2D eigenvalue weighted by Crippen LogP contribution is 2.34. The summed E-state index contributed by atoms with van der Waals surface area (Å²) in [5.74, 6) is 1.07. The number of fused-ring (bicyclic) bond motifs is 1. The number of hydrogen-bond donors (Lipinski definition) is 1. The lowest BCUT2D eigenvalue weighted by molar-refractivity contribution is -0.0963. The van der Waals surface area contributed by atoms with Crippen molar-refractivity contribution in [2.45, 2.75) is 25.3 Å². The van der Waals surface area contributed by atoms with Crippen molar-refractivity contribution in [1.29, 1.82) is 10.5 Å². The molecule has 0 bridgehead atoms. The summed E-state index contributed by atoms with van der Waals surface area (Å²) in [4.78, 5) is 23.8. The molecule has 4 aromatic heterocycles. The number of ether oxygens (including phenoxy) is 2. The van der Waals surface area contributed by atoms with Gasteiger partial charge < -0.3 is 19.7 Å². The number of halogens is 1. The van der Waals surface area contributed by atoms with Crippen LogP contribution in [-0.4, -0.2) is 63.9 Å². The molecule has 0 radical (unpaired) electrons. The lowest BCUT2D eigenvalue weighted by Gasteiger charge is -2.40. The van der Waals surface area contributed by atoms with Crippen LogP contribution in [0.4, 0.5) is 5.82 Å². The van der Waals surface area contributed by atoms with Gasteiger partial charge in [0.25, 0.3) is 5.91 Å². The predicted molar refractivity (Wildman–Crippen MR) is 154 cm³/mol. The Labute approximate surface area is 247 Å². The average Bonchev–Trinajstić information content (AvgIpc) is 3.40. The van der Waals surface area contributed by atoms with Crippen LogP contribution in [0.1, 0.15) is 35.8 Å². The minimum Gasteiger partial charge on any atom is -0.490 e. The maximum atomic E-state index is 12.8. The number of nitrogens with zero attached hydrogens (tertiary/aromatic N) is 7. The molecule has 4 aromatic rings. The van der Waals surface area contributed by atoms with E-state index in [1.165, 1.54) is 6.20 Å². The van der Waals surface area contributed by atoms with Gasteiger partial charge in [0.15, 0.2) is 0 Å². The summed E-state index contributed by atoms with van der Waals surface area (Å²) in [6.07, 6.45) is 8.01. The van der Waals surface area contributed by atoms with Gasteiger partial charge in [0.1, 0.15) is 35.4 Å². The van der Waals surface area contributed by atoms with Gasteiger partial charge in [-0.25, -0.2) is 14.5 Å². The SMILES string of the molecule is CC1(NC(=O)c2ncccc2Cl)CCN(c2ccc(-c3cc(OCC4(C#N)COC4)cn4ncc(C#N)c34)cn2)CC1. The standard InChI is InChI=1S/C30H27ClN8O3/c1-29(37-28(40)26-24(31)3-2-8-34-26)6-9-38(10-7-29)25-5-4-20(13-35-25)23-11-22(42-19-30(16-33)17-41-18-30)15-39-27(23)21(12-32)14-36-39/h2-5,8,11,13-15H,6-7,9-10,17-19H2,1H3,(H,37,40). The lowest BCUT2D eigenvalue weighted by Crippen LogP contribution is -2.53. The van der Waals surface area contributed by atoms with Crippen LogP contribution in [0.15, 0.2) is 55.1 Å². The molecule has 11 nitrogen and oxygen atoms in total. The maximum Gasteiger partial charge on any atom is 0.271 e. The second kappa shape index (κ2) is 10.9. The molecule has 2 aliphatic rings. The Morgan fingerprint density at radius 1 is 1.19 bits per heavy atom. The summed E-state index contributed by atoms with van der Waals surface area (Å²) in [6, 6.07) is 13.6.